The summed E-state index contributed by atoms with van der Waals surface area (Å²) in [6.45, 7) is 0.890. The molecule has 3 rings (SSSR count). The monoisotopic (exact) mass is 332 g/mol. The Morgan fingerprint density at radius 3 is 2.70 bits per heavy atom. The number of aromatic nitrogens is 2. The number of fused-ring (bicyclic) bond motifs is 1. The van der Waals surface area contributed by atoms with E-state index in [1.54, 1.807) is 0 Å². The lowest BCUT2D eigenvalue weighted by atomic mass is 9.81. The molecule has 0 unspecified atom stereocenters. The van der Waals surface area contributed by atoms with E-state index in [0.717, 1.165) is 4.68 Å². The third-order valence-electron chi connectivity index (χ3n) is 4.63. The number of hydrogen-bond donors (Lipinski definition) is 2. The molecular formula is C13H15F3N4O3. The van der Waals surface area contributed by atoms with Crippen molar-refractivity contribution in [3.05, 3.63) is 17.5 Å². The van der Waals surface area contributed by atoms with Crippen LogP contribution in [-0.2, 0) is 18.0 Å². The maximum atomic E-state index is 12.7. The minimum Gasteiger partial charge on any atom is -0.481 e. The van der Waals surface area contributed by atoms with E-state index in [0.29, 0.717) is 12.6 Å². The maximum absolute atomic E-state index is 12.7. The van der Waals surface area contributed by atoms with Gasteiger partial charge in [0, 0.05) is 45.2 Å². The van der Waals surface area contributed by atoms with Crippen molar-refractivity contribution in [2.24, 2.45) is 18.4 Å². The van der Waals surface area contributed by atoms with Gasteiger partial charge in [-0.3, -0.25) is 14.3 Å². The van der Waals surface area contributed by atoms with Gasteiger partial charge in [0.15, 0.2) is 5.69 Å². The first-order valence-electron chi connectivity index (χ1n) is 7.00. The first-order chi connectivity index (χ1) is 10.6. The van der Waals surface area contributed by atoms with Crippen molar-refractivity contribution < 1.29 is 27.9 Å². The lowest BCUT2D eigenvalue weighted by molar-refractivity contribution is -0.148. The molecule has 1 amide bonds. The van der Waals surface area contributed by atoms with Crippen LogP contribution in [0, 0.1) is 11.3 Å². The molecular weight excluding hydrogens is 317 g/mol. The van der Waals surface area contributed by atoms with Crippen LogP contribution < -0.4 is 5.32 Å². The molecule has 2 aliphatic heterocycles. The summed E-state index contributed by atoms with van der Waals surface area (Å²) in [5, 5.41) is 15.8. The molecule has 0 bridgehead atoms. The minimum absolute atomic E-state index is 0.0225. The molecule has 0 aromatic carbocycles. The van der Waals surface area contributed by atoms with Gasteiger partial charge in [0.25, 0.3) is 5.91 Å². The standard InChI is InChI=1S/C13H15F3N4O3/c1-19-8(2-9(18-19)13(14,15)16)10(21)20-4-7-3-17-5-12(7,6-20)11(22)23/h2,7,17H,3-6H2,1H3,(H,22,23)/t7-,12-/m0/s1. The summed E-state index contributed by atoms with van der Waals surface area (Å²) in [6.07, 6.45) is -4.63. The number of aliphatic carboxylic acids is 1. The summed E-state index contributed by atoms with van der Waals surface area (Å²) in [5.74, 6) is -1.88. The van der Waals surface area contributed by atoms with Crippen molar-refractivity contribution >= 4 is 11.9 Å². The Morgan fingerprint density at radius 2 is 2.17 bits per heavy atom. The van der Waals surface area contributed by atoms with Gasteiger partial charge >= 0.3 is 12.1 Å². The van der Waals surface area contributed by atoms with Gasteiger partial charge in [-0.15, -0.1) is 0 Å². The van der Waals surface area contributed by atoms with Crippen LogP contribution >= 0.6 is 0 Å². The number of carboxylic acid groups (broad SMARTS) is 1. The quantitative estimate of drug-likeness (QED) is 0.807. The highest BCUT2D eigenvalue weighted by Crippen LogP contribution is 2.40. The predicted octanol–water partition coefficient (Wildman–Crippen LogP) is 0.185. The van der Waals surface area contributed by atoms with Crippen LogP contribution in [0.15, 0.2) is 6.07 Å². The van der Waals surface area contributed by atoms with Gasteiger partial charge < -0.3 is 15.3 Å². The van der Waals surface area contributed by atoms with Gasteiger partial charge in [-0.05, 0) is 0 Å². The number of hydrogen-bond acceptors (Lipinski definition) is 4. The number of carbonyl (C=O) groups is 2. The first kappa shape index (κ1) is 15.8. The molecule has 2 saturated heterocycles. The summed E-state index contributed by atoms with van der Waals surface area (Å²) in [4.78, 5) is 25.4. The highest BCUT2D eigenvalue weighted by molar-refractivity contribution is 5.94. The number of rotatable bonds is 2. The van der Waals surface area contributed by atoms with Crippen LogP contribution in [0.2, 0.25) is 0 Å². The number of alkyl halides is 3. The number of nitrogens with zero attached hydrogens (tertiary/aromatic N) is 3. The summed E-state index contributed by atoms with van der Waals surface area (Å²) in [5.41, 5.74) is -2.41. The number of aryl methyl sites for hydroxylation is 1. The van der Waals surface area contributed by atoms with Crippen LogP contribution in [0.5, 0.6) is 0 Å². The lowest BCUT2D eigenvalue weighted by Gasteiger charge is -2.22. The van der Waals surface area contributed by atoms with Crippen molar-refractivity contribution in [2.45, 2.75) is 6.18 Å². The van der Waals surface area contributed by atoms with Gasteiger partial charge in [-0.2, -0.15) is 18.3 Å². The second-order valence-corrected chi connectivity index (χ2v) is 6.01. The van der Waals surface area contributed by atoms with Crippen molar-refractivity contribution in [3.63, 3.8) is 0 Å². The number of carbonyl (C=O) groups excluding carboxylic acids is 1. The fourth-order valence-corrected chi connectivity index (χ4v) is 3.35. The van der Waals surface area contributed by atoms with Gasteiger partial charge in [0.2, 0.25) is 0 Å². The molecule has 23 heavy (non-hydrogen) atoms. The van der Waals surface area contributed by atoms with Crippen molar-refractivity contribution in [2.75, 3.05) is 26.2 Å². The lowest BCUT2D eigenvalue weighted by Crippen LogP contribution is -2.41. The number of amides is 1. The zero-order valence-corrected chi connectivity index (χ0v) is 12.2. The third kappa shape index (κ3) is 2.37. The molecule has 7 nitrogen and oxygen atoms in total. The SMILES string of the molecule is Cn1nc(C(F)(F)F)cc1C(=O)N1C[C@@H]2CNC[C@]2(C(=O)O)C1. The predicted molar refractivity (Wildman–Crippen MR) is 70.5 cm³/mol. The second-order valence-electron chi connectivity index (χ2n) is 6.01. The Bertz CT molecular complexity index is 672. The summed E-state index contributed by atoms with van der Waals surface area (Å²) in [6, 6.07) is 0.697. The fraction of sp³-hybridized carbons (Fsp3) is 0.615. The van der Waals surface area contributed by atoms with E-state index in [4.69, 9.17) is 0 Å². The average Bonchev–Trinajstić information content (AvgIpc) is 3.07. The Balaban J connectivity index is 1.86. The van der Waals surface area contributed by atoms with Crippen LogP contribution in [0.3, 0.4) is 0 Å². The zero-order valence-electron chi connectivity index (χ0n) is 12.2. The third-order valence-corrected chi connectivity index (χ3v) is 4.63. The minimum atomic E-state index is -4.63. The molecule has 0 aliphatic carbocycles. The molecule has 2 aliphatic rings. The topological polar surface area (TPSA) is 87.5 Å². The second kappa shape index (κ2) is 4.95. The van der Waals surface area contributed by atoms with Gasteiger partial charge in [-0.25, -0.2) is 0 Å². The largest absolute Gasteiger partial charge is 0.481 e. The average molecular weight is 332 g/mol. The summed E-state index contributed by atoms with van der Waals surface area (Å²) >= 11 is 0. The highest BCUT2D eigenvalue weighted by atomic mass is 19.4. The Hall–Kier alpha value is -2.10. The molecule has 3 heterocycles. The molecule has 0 saturated carbocycles. The van der Waals surface area contributed by atoms with E-state index in [1.165, 1.54) is 11.9 Å². The molecule has 2 atom stereocenters. The van der Waals surface area contributed by atoms with Crippen LogP contribution in [-0.4, -0.2) is 57.8 Å². The van der Waals surface area contributed by atoms with E-state index >= 15 is 0 Å². The van der Waals surface area contributed by atoms with E-state index in [9.17, 15) is 27.9 Å². The van der Waals surface area contributed by atoms with Crippen molar-refractivity contribution in [1.29, 1.82) is 0 Å². The van der Waals surface area contributed by atoms with E-state index in [2.05, 4.69) is 10.4 Å². The molecule has 10 heteroatoms. The number of likely N-dealkylation sites (tertiary alicyclic amines) is 1. The van der Waals surface area contributed by atoms with Gasteiger partial charge in [0.1, 0.15) is 11.1 Å². The Labute approximate surface area is 129 Å². The zero-order chi connectivity index (χ0) is 17.0. The first-order valence-corrected chi connectivity index (χ1v) is 7.00. The Kier molecular flexibility index (Phi) is 3.40. The molecule has 0 radical (unpaired) electrons. The smallest absolute Gasteiger partial charge is 0.435 e. The molecule has 126 valence electrons. The van der Waals surface area contributed by atoms with E-state index in [1.807, 2.05) is 0 Å². The number of nitrogens with one attached hydrogen (secondary N) is 1. The number of carboxylic acids is 1. The van der Waals surface area contributed by atoms with Crippen LogP contribution in [0.25, 0.3) is 0 Å². The maximum Gasteiger partial charge on any atom is 0.435 e. The molecule has 2 N–H and O–H groups in total. The molecule has 1 aromatic heterocycles. The van der Waals surface area contributed by atoms with Crippen molar-refractivity contribution in [3.8, 4) is 0 Å². The fourth-order valence-electron chi connectivity index (χ4n) is 3.35. The molecule has 0 spiro atoms. The number of halogens is 3. The van der Waals surface area contributed by atoms with Gasteiger partial charge in [-0.1, -0.05) is 0 Å². The van der Waals surface area contributed by atoms with Crippen molar-refractivity contribution in [1.82, 2.24) is 20.0 Å². The molecule has 1 aromatic rings. The van der Waals surface area contributed by atoms with Crippen LogP contribution in [0.1, 0.15) is 16.2 Å². The van der Waals surface area contributed by atoms with E-state index < -0.39 is 29.2 Å². The molecule has 2 fully saturated rings. The summed E-state index contributed by atoms with van der Waals surface area (Å²) < 4.78 is 38.9. The summed E-state index contributed by atoms with van der Waals surface area (Å²) in [7, 11) is 1.26. The van der Waals surface area contributed by atoms with Gasteiger partial charge in [0.05, 0.1) is 0 Å². The highest BCUT2D eigenvalue weighted by Gasteiger charge is 2.56. The van der Waals surface area contributed by atoms with Crippen LogP contribution in [0.4, 0.5) is 13.2 Å². The normalized spacial score (nSPS) is 27.3. The van der Waals surface area contributed by atoms with E-state index in [-0.39, 0.29) is 31.2 Å². The Morgan fingerprint density at radius 1 is 1.48 bits per heavy atom.